The highest BCUT2D eigenvalue weighted by atomic mass is 32.2. The van der Waals surface area contributed by atoms with Crippen molar-refractivity contribution in [2.75, 3.05) is 12.8 Å². The summed E-state index contributed by atoms with van der Waals surface area (Å²) in [5, 5.41) is 6.41. The third-order valence-electron chi connectivity index (χ3n) is 4.05. The summed E-state index contributed by atoms with van der Waals surface area (Å²) in [6.07, 6.45) is 1.16. The molecule has 2 N–H and O–H groups in total. The minimum Gasteiger partial charge on any atom is -0.357 e. The summed E-state index contributed by atoms with van der Waals surface area (Å²) >= 11 is 0. The van der Waals surface area contributed by atoms with Crippen molar-refractivity contribution in [3.8, 4) is 0 Å². The fraction of sp³-hybridized carbons (Fsp3) is 0.350. The SMILES string of the molecule is CCNC(=NCc1cc(F)ccc1CS(C)(=O)=O)NCc1ccccc1C. The minimum atomic E-state index is -3.21. The van der Waals surface area contributed by atoms with Gasteiger partial charge in [-0.3, -0.25) is 0 Å². The molecule has 0 heterocycles. The van der Waals surface area contributed by atoms with Gasteiger partial charge in [0.15, 0.2) is 15.8 Å². The molecule has 0 aromatic heterocycles. The highest BCUT2D eigenvalue weighted by Crippen LogP contribution is 2.15. The second kappa shape index (κ2) is 9.50. The van der Waals surface area contributed by atoms with Crippen molar-refractivity contribution in [1.29, 1.82) is 0 Å². The summed E-state index contributed by atoms with van der Waals surface area (Å²) < 4.78 is 36.9. The summed E-state index contributed by atoms with van der Waals surface area (Å²) in [5.41, 5.74) is 3.47. The number of rotatable bonds is 7. The topological polar surface area (TPSA) is 70.6 Å². The van der Waals surface area contributed by atoms with Crippen molar-refractivity contribution in [3.05, 3.63) is 70.5 Å². The average Bonchev–Trinajstić information content (AvgIpc) is 2.59. The fourth-order valence-electron chi connectivity index (χ4n) is 2.66. The lowest BCUT2D eigenvalue weighted by atomic mass is 10.1. The molecule has 0 aliphatic rings. The Balaban J connectivity index is 2.16. The Morgan fingerprint density at radius 2 is 1.81 bits per heavy atom. The number of nitrogens with zero attached hydrogens (tertiary/aromatic N) is 1. The van der Waals surface area contributed by atoms with E-state index in [-0.39, 0.29) is 12.3 Å². The largest absolute Gasteiger partial charge is 0.357 e. The maximum absolute atomic E-state index is 13.6. The molecule has 0 spiro atoms. The van der Waals surface area contributed by atoms with Gasteiger partial charge in [-0.2, -0.15) is 0 Å². The molecule has 27 heavy (non-hydrogen) atoms. The predicted octanol–water partition coefficient (Wildman–Crippen LogP) is 2.93. The van der Waals surface area contributed by atoms with Crippen molar-refractivity contribution in [2.45, 2.75) is 32.7 Å². The molecule has 2 aromatic carbocycles. The lowest BCUT2D eigenvalue weighted by molar-refractivity contribution is 0.600. The quantitative estimate of drug-likeness (QED) is 0.562. The first-order valence-electron chi connectivity index (χ1n) is 8.80. The van der Waals surface area contributed by atoms with Crippen LogP contribution in [0.3, 0.4) is 0 Å². The number of guanidine groups is 1. The molecule has 0 aliphatic heterocycles. The Labute approximate surface area is 160 Å². The molecule has 2 aromatic rings. The number of sulfone groups is 1. The lowest BCUT2D eigenvalue weighted by Gasteiger charge is -2.13. The van der Waals surface area contributed by atoms with Crippen LogP contribution in [-0.2, 0) is 28.7 Å². The van der Waals surface area contributed by atoms with E-state index in [1.165, 1.54) is 23.8 Å². The maximum Gasteiger partial charge on any atom is 0.191 e. The number of halogens is 1. The number of benzene rings is 2. The van der Waals surface area contributed by atoms with Crippen LogP contribution in [0.25, 0.3) is 0 Å². The molecule has 0 radical (unpaired) electrons. The summed E-state index contributed by atoms with van der Waals surface area (Å²) in [7, 11) is -3.21. The van der Waals surface area contributed by atoms with Gasteiger partial charge in [0.05, 0.1) is 12.3 Å². The van der Waals surface area contributed by atoms with Crippen LogP contribution in [0.5, 0.6) is 0 Å². The number of aliphatic imine (C=N–C) groups is 1. The van der Waals surface area contributed by atoms with Crippen molar-refractivity contribution < 1.29 is 12.8 Å². The Kier molecular flexibility index (Phi) is 7.36. The first-order chi connectivity index (χ1) is 12.8. The molecule has 7 heteroatoms. The van der Waals surface area contributed by atoms with E-state index < -0.39 is 15.7 Å². The number of aryl methyl sites for hydroxylation is 1. The van der Waals surface area contributed by atoms with Gasteiger partial charge < -0.3 is 10.6 Å². The standard InChI is InChI=1S/C20H26FN3O2S/c1-4-22-20(23-12-16-8-6-5-7-15(16)2)24-13-18-11-19(21)10-9-17(18)14-27(3,25)26/h5-11H,4,12-14H2,1-3H3,(H2,22,23,24). The highest BCUT2D eigenvalue weighted by molar-refractivity contribution is 7.89. The summed E-state index contributed by atoms with van der Waals surface area (Å²) in [6, 6.07) is 12.2. The highest BCUT2D eigenvalue weighted by Gasteiger charge is 2.11. The minimum absolute atomic E-state index is 0.134. The summed E-state index contributed by atoms with van der Waals surface area (Å²) in [6.45, 7) is 5.48. The summed E-state index contributed by atoms with van der Waals surface area (Å²) in [4.78, 5) is 4.49. The Hall–Kier alpha value is -2.41. The van der Waals surface area contributed by atoms with E-state index >= 15 is 0 Å². The zero-order chi connectivity index (χ0) is 19.9. The maximum atomic E-state index is 13.6. The predicted molar refractivity (Wildman–Crippen MR) is 108 cm³/mol. The van der Waals surface area contributed by atoms with Gasteiger partial charge in [-0.15, -0.1) is 0 Å². The molecule has 0 saturated carbocycles. The Morgan fingerprint density at radius 1 is 1.07 bits per heavy atom. The number of hydrogen-bond acceptors (Lipinski definition) is 3. The molecule has 146 valence electrons. The Bertz CT molecular complexity index is 911. The molecule has 0 saturated heterocycles. The van der Waals surface area contributed by atoms with Gasteiger partial charge in [-0.1, -0.05) is 30.3 Å². The van der Waals surface area contributed by atoms with Crippen molar-refractivity contribution in [3.63, 3.8) is 0 Å². The molecule has 0 atom stereocenters. The first kappa shape index (κ1) is 20.9. The Morgan fingerprint density at radius 3 is 2.48 bits per heavy atom. The summed E-state index contributed by atoms with van der Waals surface area (Å²) in [5.74, 6) is 0.0522. The van der Waals surface area contributed by atoms with Crippen LogP contribution in [0.1, 0.15) is 29.2 Å². The monoisotopic (exact) mass is 391 g/mol. The molecule has 0 unspecified atom stereocenters. The van der Waals surface area contributed by atoms with Crippen LogP contribution in [0.4, 0.5) is 4.39 Å². The van der Waals surface area contributed by atoms with E-state index in [4.69, 9.17) is 0 Å². The first-order valence-corrected chi connectivity index (χ1v) is 10.9. The molecular formula is C20H26FN3O2S. The van der Waals surface area contributed by atoms with Gasteiger partial charge in [0.25, 0.3) is 0 Å². The molecule has 5 nitrogen and oxygen atoms in total. The van der Waals surface area contributed by atoms with E-state index in [1.807, 2.05) is 38.1 Å². The van der Waals surface area contributed by atoms with Crippen LogP contribution < -0.4 is 10.6 Å². The van der Waals surface area contributed by atoms with Crippen LogP contribution in [-0.4, -0.2) is 27.2 Å². The molecule has 0 fully saturated rings. The van der Waals surface area contributed by atoms with Gasteiger partial charge in [0, 0.05) is 19.3 Å². The van der Waals surface area contributed by atoms with E-state index in [2.05, 4.69) is 15.6 Å². The molecular weight excluding hydrogens is 365 g/mol. The zero-order valence-electron chi connectivity index (χ0n) is 15.9. The van der Waals surface area contributed by atoms with Crippen LogP contribution in [0, 0.1) is 12.7 Å². The van der Waals surface area contributed by atoms with Gasteiger partial charge in [-0.25, -0.2) is 17.8 Å². The van der Waals surface area contributed by atoms with Crippen molar-refractivity contribution in [2.24, 2.45) is 4.99 Å². The van der Waals surface area contributed by atoms with Crippen LogP contribution >= 0.6 is 0 Å². The van der Waals surface area contributed by atoms with E-state index in [0.717, 1.165) is 11.8 Å². The second-order valence-corrected chi connectivity index (χ2v) is 8.60. The zero-order valence-corrected chi connectivity index (χ0v) is 16.7. The molecule has 0 bridgehead atoms. The molecule has 0 aliphatic carbocycles. The second-order valence-electron chi connectivity index (χ2n) is 6.46. The number of hydrogen-bond donors (Lipinski definition) is 2. The van der Waals surface area contributed by atoms with Gasteiger partial charge in [-0.05, 0) is 48.2 Å². The third-order valence-corrected chi connectivity index (χ3v) is 4.88. The van der Waals surface area contributed by atoms with Crippen molar-refractivity contribution in [1.82, 2.24) is 10.6 Å². The van der Waals surface area contributed by atoms with E-state index in [1.54, 1.807) is 0 Å². The fourth-order valence-corrected chi connectivity index (χ4v) is 3.50. The number of nitrogens with one attached hydrogen (secondary N) is 2. The third kappa shape index (κ3) is 7.02. The normalized spacial score (nSPS) is 12.1. The van der Waals surface area contributed by atoms with Gasteiger partial charge >= 0.3 is 0 Å². The average molecular weight is 392 g/mol. The van der Waals surface area contributed by atoms with E-state index in [0.29, 0.717) is 30.2 Å². The van der Waals surface area contributed by atoms with E-state index in [9.17, 15) is 12.8 Å². The molecule has 0 amide bonds. The van der Waals surface area contributed by atoms with Gasteiger partial charge in [0.1, 0.15) is 5.82 Å². The smallest absolute Gasteiger partial charge is 0.191 e. The lowest BCUT2D eigenvalue weighted by Crippen LogP contribution is -2.37. The van der Waals surface area contributed by atoms with Crippen LogP contribution in [0.2, 0.25) is 0 Å². The van der Waals surface area contributed by atoms with Gasteiger partial charge in [0.2, 0.25) is 0 Å². The van der Waals surface area contributed by atoms with Crippen molar-refractivity contribution >= 4 is 15.8 Å². The molecule has 2 rings (SSSR count). The van der Waals surface area contributed by atoms with Crippen LogP contribution in [0.15, 0.2) is 47.5 Å².